The summed E-state index contributed by atoms with van der Waals surface area (Å²) < 4.78 is 0. The minimum Gasteiger partial charge on any atom is -0.397 e. The van der Waals surface area contributed by atoms with Gasteiger partial charge in [0, 0.05) is 18.7 Å². The fourth-order valence-electron chi connectivity index (χ4n) is 2.38. The van der Waals surface area contributed by atoms with Crippen molar-refractivity contribution < 1.29 is 4.79 Å². The van der Waals surface area contributed by atoms with Gasteiger partial charge >= 0.3 is 0 Å². The van der Waals surface area contributed by atoms with Gasteiger partial charge in [-0.3, -0.25) is 4.79 Å². The Bertz CT molecular complexity index is 467. The summed E-state index contributed by atoms with van der Waals surface area (Å²) in [5, 5.41) is 0.635. The first-order valence-electron chi connectivity index (χ1n) is 6.53. The van der Waals surface area contributed by atoms with Gasteiger partial charge in [-0.05, 0) is 37.3 Å². The third-order valence-corrected chi connectivity index (χ3v) is 4.42. The maximum atomic E-state index is 12.4. The van der Waals surface area contributed by atoms with Crippen molar-refractivity contribution in [2.75, 3.05) is 18.8 Å². The Morgan fingerprint density at radius 3 is 2.74 bits per heavy atom. The Hall–Kier alpha value is -0.930. The molecular weight excluding hydrogens is 283 g/mol. The highest BCUT2D eigenvalue weighted by Crippen LogP contribution is 2.30. The van der Waals surface area contributed by atoms with Gasteiger partial charge < -0.3 is 10.6 Å². The van der Waals surface area contributed by atoms with E-state index < -0.39 is 0 Å². The van der Waals surface area contributed by atoms with Crippen molar-refractivity contribution in [1.29, 1.82) is 0 Å². The molecule has 0 bridgehead atoms. The van der Waals surface area contributed by atoms with Crippen LogP contribution in [0.3, 0.4) is 0 Å². The third-order valence-electron chi connectivity index (χ3n) is 3.61. The van der Waals surface area contributed by atoms with E-state index >= 15 is 0 Å². The first-order valence-corrected chi connectivity index (χ1v) is 7.28. The van der Waals surface area contributed by atoms with Gasteiger partial charge in [-0.25, -0.2) is 0 Å². The number of benzene rings is 1. The summed E-state index contributed by atoms with van der Waals surface area (Å²) in [6.07, 6.45) is 3.26. The Morgan fingerprint density at radius 2 is 2.05 bits per heavy atom. The molecule has 104 valence electrons. The predicted molar refractivity (Wildman–Crippen MR) is 79.8 cm³/mol. The van der Waals surface area contributed by atoms with Crippen LogP contribution in [0.25, 0.3) is 0 Å². The van der Waals surface area contributed by atoms with Crippen molar-refractivity contribution in [3.05, 3.63) is 27.7 Å². The predicted octanol–water partition coefficient (Wildman–Crippen LogP) is 3.84. The lowest BCUT2D eigenvalue weighted by Gasteiger charge is -2.21. The number of nitrogen functional groups attached to an aromatic ring is 1. The van der Waals surface area contributed by atoms with E-state index in [0.29, 0.717) is 27.2 Å². The monoisotopic (exact) mass is 300 g/mol. The second-order valence-corrected chi connectivity index (χ2v) is 5.97. The molecule has 1 fully saturated rings. The summed E-state index contributed by atoms with van der Waals surface area (Å²) in [6, 6.07) is 3.20. The summed E-state index contributed by atoms with van der Waals surface area (Å²) in [5.41, 5.74) is 6.62. The number of hydrogen-bond acceptors (Lipinski definition) is 2. The number of nitrogens with two attached hydrogens (primary N) is 1. The van der Waals surface area contributed by atoms with Crippen LogP contribution in [-0.4, -0.2) is 23.9 Å². The smallest absolute Gasteiger partial charge is 0.253 e. The van der Waals surface area contributed by atoms with Gasteiger partial charge in [-0.15, -0.1) is 0 Å². The molecule has 3 nitrogen and oxygen atoms in total. The molecule has 1 aliphatic heterocycles. The normalized spacial score (nSPS) is 20.2. The minimum atomic E-state index is -0.0145. The number of amides is 1. The van der Waals surface area contributed by atoms with Gasteiger partial charge in [0.25, 0.3) is 5.91 Å². The summed E-state index contributed by atoms with van der Waals surface area (Å²) in [6.45, 7) is 3.81. The van der Waals surface area contributed by atoms with Crippen molar-refractivity contribution in [2.24, 2.45) is 5.92 Å². The van der Waals surface area contributed by atoms with Crippen LogP contribution in [0.5, 0.6) is 0 Å². The highest BCUT2D eigenvalue weighted by molar-refractivity contribution is 6.43. The molecule has 1 amide bonds. The van der Waals surface area contributed by atoms with Crippen molar-refractivity contribution in [3.8, 4) is 0 Å². The molecule has 1 aromatic rings. The molecule has 1 atom stereocenters. The van der Waals surface area contributed by atoms with Crippen molar-refractivity contribution >= 4 is 34.8 Å². The molecule has 2 N–H and O–H groups in total. The third kappa shape index (κ3) is 3.34. The van der Waals surface area contributed by atoms with Crippen LogP contribution in [0.4, 0.5) is 5.69 Å². The van der Waals surface area contributed by atoms with E-state index in [2.05, 4.69) is 6.92 Å². The first kappa shape index (κ1) is 14.5. The lowest BCUT2D eigenvalue weighted by atomic mass is 10.0. The maximum absolute atomic E-state index is 12.4. The standard InChI is InChI=1S/C14H18Cl2N2O/c1-9-3-2-5-18(6-4-9)14(19)10-7-11(15)13(16)12(17)8-10/h7-9H,2-6,17H2,1H3. The number of hydrogen-bond donors (Lipinski definition) is 1. The molecule has 5 heteroatoms. The van der Waals surface area contributed by atoms with E-state index in [1.807, 2.05) is 4.90 Å². The van der Waals surface area contributed by atoms with Crippen molar-refractivity contribution in [1.82, 2.24) is 4.90 Å². The van der Waals surface area contributed by atoms with Gasteiger partial charge in [0.15, 0.2) is 0 Å². The van der Waals surface area contributed by atoms with Crippen LogP contribution in [0, 0.1) is 5.92 Å². The lowest BCUT2D eigenvalue weighted by Crippen LogP contribution is -2.32. The molecule has 0 aromatic heterocycles. The number of anilines is 1. The molecule has 0 radical (unpaired) electrons. The molecule has 1 saturated heterocycles. The number of likely N-dealkylation sites (tertiary alicyclic amines) is 1. The van der Waals surface area contributed by atoms with Crippen LogP contribution in [0.2, 0.25) is 10.0 Å². The summed E-state index contributed by atoms with van der Waals surface area (Å²) in [4.78, 5) is 14.3. The van der Waals surface area contributed by atoms with Gasteiger partial charge in [0.1, 0.15) is 0 Å². The quantitative estimate of drug-likeness (QED) is 0.801. The van der Waals surface area contributed by atoms with Crippen LogP contribution in [0.15, 0.2) is 12.1 Å². The number of rotatable bonds is 1. The Morgan fingerprint density at radius 1 is 1.32 bits per heavy atom. The summed E-state index contributed by atoms with van der Waals surface area (Å²) in [7, 11) is 0. The number of halogens is 2. The molecule has 1 unspecified atom stereocenters. The topological polar surface area (TPSA) is 46.3 Å². The Labute approximate surface area is 123 Å². The van der Waals surface area contributed by atoms with Crippen molar-refractivity contribution in [2.45, 2.75) is 26.2 Å². The molecule has 1 aromatic carbocycles. The number of carbonyl (C=O) groups is 1. The van der Waals surface area contributed by atoms with E-state index in [0.717, 1.165) is 25.9 Å². The second kappa shape index (κ2) is 6.02. The summed E-state index contributed by atoms with van der Waals surface area (Å²) in [5.74, 6) is 0.663. The highest BCUT2D eigenvalue weighted by atomic mass is 35.5. The molecule has 1 heterocycles. The SMILES string of the molecule is CC1CCCN(C(=O)c2cc(N)c(Cl)c(Cl)c2)CC1. The number of carbonyl (C=O) groups excluding carboxylic acids is 1. The van der Waals surface area contributed by atoms with Crippen molar-refractivity contribution in [3.63, 3.8) is 0 Å². The average molecular weight is 301 g/mol. The van der Waals surface area contributed by atoms with Crippen LogP contribution in [0.1, 0.15) is 36.5 Å². The number of nitrogens with zero attached hydrogens (tertiary/aromatic N) is 1. The molecule has 0 spiro atoms. The fourth-order valence-corrected chi connectivity index (χ4v) is 2.72. The van der Waals surface area contributed by atoms with Crippen LogP contribution >= 0.6 is 23.2 Å². The molecule has 0 saturated carbocycles. The van der Waals surface area contributed by atoms with E-state index in [9.17, 15) is 4.79 Å². The zero-order chi connectivity index (χ0) is 14.0. The summed E-state index contributed by atoms with van der Waals surface area (Å²) >= 11 is 11.9. The molecule has 2 rings (SSSR count). The molecule has 19 heavy (non-hydrogen) atoms. The van der Waals surface area contributed by atoms with E-state index in [1.54, 1.807) is 12.1 Å². The minimum absolute atomic E-state index is 0.0145. The Balaban J connectivity index is 2.19. The van der Waals surface area contributed by atoms with E-state index in [1.165, 1.54) is 6.42 Å². The lowest BCUT2D eigenvalue weighted by molar-refractivity contribution is 0.0760. The average Bonchev–Trinajstić information content (AvgIpc) is 2.59. The molecular formula is C14H18Cl2N2O. The Kier molecular flexibility index (Phi) is 4.58. The van der Waals surface area contributed by atoms with Gasteiger partial charge in [-0.1, -0.05) is 30.1 Å². The highest BCUT2D eigenvalue weighted by Gasteiger charge is 2.21. The van der Waals surface area contributed by atoms with E-state index in [-0.39, 0.29) is 5.91 Å². The van der Waals surface area contributed by atoms with Gasteiger partial charge in [0.2, 0.25) is 0 Å². The van der Waals surface area contributed by atoms with Gasteiger partial charge in [0.05, 0.1) is 15.7 Å². The van der Waals surface area contributed by atoms with Crippen LogP contribution in [-0.2, 0) is 0 Å². The molecule has 0 aliphatic carbocycles. The first-order chi connectivity index (χ1) is 8.99. The van der Waals surface area contributed by atoms with Crippen LogP contribution < -0.4 is 5.73 Å². The maximum Gasteiger partial charge on any atom is 0.253 e. The van der Waals surface area contributed by atoms with Gasteiger partial charge in [-0.2, -0.15) is 0 Å². The largest absolute Gasteiger partial charge is 0.397 e. The molecule has 1 aliphatic rings. The zero-order valence-electron chi connectivity index (χ0n) is 11.0. The van der Waals surface area contributed by atoms with E-state index in [4.69, 9.17) is 28.9 Å². The second-order valence-electron chi connectivity index (χ2n) is 5.19. The fraction of sp³-hybridized carbons (Fsp3) is 0.500. The zero-order valence-corrected chi connectivity index (χ0v) is 12.5.